The zero-order valence-electron chi connectivity index (χ0n) is 19.5. The number of para-hydroxylation sites is 2. The second kappa shape index (κ2) is 9.12. The van der Waals surface area contributed by atoms with Crippen LogP contribution in [0.1, 0.15) is 38.2 Å². The van der Waals surface area contributed by atoms with Crippen LogP contribution in [0.4, 0.5) is 10.6 Å². The number of imidazole rings is 1. The van der Waals surface area contributed by atoms with Crippen molar-refractivity contribution in [3.63, 3.8) is 0 Å². The molecule has 1 aliphatic rings. The van der Waals surface area contributed by atoms with Crippen LogP contribution >= 0.6 is 0 Å². The number of anilines is 1. The lowest BCUT2D eigenvalue weighted by atomic mass is 10.0. The number of benzene rings is 1. The smallest absolute Gasteiger partial charge is 0.407 e. The number of hydrogen-bond donors (Lipinski definition) is 3. The molecule has 0 aliphatic carbocycles. The lowest BCUT2D eigenvalue weighted by molar-refractivity contribution is -0.131. The van der Waals surface area contributed by atoms with E-state index >= 15 is 0 Å². The standard InChI is InChI=1S/C24H28N6O4/c1-13(2)19(28-22(31)14(3)29(4)24(33)34)23(32)30-18(12-15-8-7-11-25-21(15)30)20-26-16-9-5-6-10-17(16)27-20/h5-11,13-14,18-19H,12H2,1-4H3,(H,26,27)(H,28,31)(H,33,34)/t14-,18?,19-/m0/s1. The van der Waals surface area contributed by atoms with Gasteiger partial charge in [0, 0.05) is 19.7 Å². The highest BCUT2D eigenvalue weighted by Gasteiger charge is 2.42. The van der Waals surface area contributed by atoms with Crippen molar-refractivity contribution in [2.75, 3.05) is 11.9 Å². The summed E-state index contributed by atoms with van der Waals surface area (Å²) >= 11 is 0. The molecule has 0 bridgehead atoms. The molecule has 4 rings (SSSR count). The summed E-state index contributed by atoms with van der Waals surface area (Å²) in [5.74, 6) is 0.0610. The van der Waals surface area contributed by atoms with Gasteiger partial charge in [0.2, 0.25) is 5.91 Å². The van der Waals surface area contributed by atoms with Gasteiger partial charge in [-0.15, -0.1) is 0 Å². The Balaban J connectivity index is 1.68. The molecule has 3 amide bonds. The van der Waals surface area contributed by atoms with Crippen molar-refractivity contribution in [1.29, 1.82) is 0 Å². The maximum Gasteiger partial charge on any atom is 0.407 e. The van der Waals surface area contributed by atoms with E-state index in [1.54, 1.807) is 11.1 Å². The van der Waals surface area contributed by atoms with Gasteiger partial charge in [-0.05, 0) is 36.6 Å². The fourth-order valence-corrected chi connectivity index (χ4v) is 4.14. The number of nitrogens with one attached hydrogen (secondary N) is 2. The first kappa shape index (κ1) is 23.2. The summed E-state index contributed by atoms with van der Waals surface area (Å²) in [6, 6.07) is 9.15. The number of nitrogens with zero attached hydrogens (tertiary/aromatic N) is 4. The van der Waals surface area contributed by atoms with Crippen LogP contribution in [0, 0.1) is 5.92 Å². The number of carbonyl (C=O) groups excluding carboxylic acids is 2. The van der Waals surface area contributed by atoms with E-state index in [2.05, 4.69) is 15.3 Å². The van der Waals surface area contributed by atoms with E-state index < -0.39 is 30.1 Å². The molecule has 2 aromatic heterocycles. The van der Waals surface area contributed by atoms with Gasteiger partial charge in [-0.25, -0.2) is 14.8 Å². The zero-order chi connectivity index (χ0) is 24.6. The number of aromatic nitrogens is 3. The fraction of sp³-hybridized carbons (Fsp3) is 0.375. The molecule has 3 heterocycles. The number of pyridine rings is 1. The number of likely N-dealkylation sites (N-methyl/N-ethyl adjacent to an activating group) is 1. The summed E-state index contributed by atoms with van der Waals surface area (Å²) in [5, 5.41) is 12.0. The Morgan fingerprint density at radius 3 is 2.59 bits per heavy atom. The number of carboxylic acid groups (broad SMARTS) is 1. The molecule has 3 aromatic rings. The molecule has 10 heteroatoms. The van der Waals surface area contributed by atoms with Gasteiger partial charge in [0.05, 0.1) is 11.0 Å². The van der Waals surface area contributed by atoms with Crippen molar-refractivity contribution in [3.8, 4) is 0 Å². The van der Waals surface area contributed by atoms with Gasteiger partial charge in [-0.2, -0.15) is 0 Å². The largest absolute Gasteiger partial charge is 0.465 e. The van der Waals surface area contributed by atoms with Crippen LogP contribution < -0.4 is 10.2 Å². The van der Waals surface area contributed by atoms with Gasteiger partial charge >= 0.3 is 6.09 Å². The van der Waals surface area contributed by atoms with Crippen molar-refractivity contribution in [1.82, 2.24) is 25.2 Å². The van der Waals surface area contributed by atoms with Gasteiger partial charge in [0.15, 0.2) is 0 Å². The van der Waals surface area contributed by atoms with E-state index in [1.165, 1.54) is 14.0 Å². The molecule has 0 spiro atoms. The maximum absolute atomic E-state index is 13.9. The van der Waals surface area contributed by atoms with Crippen LogP contribution in [0.25, 0.3) is 11.0 Å². The molecule has 1 aromatic carbocycles. The minimum atomic E-state index is -1.22. The molecule has 0 saturated heterocycles. The highest BCUT2D eigenvalue weighted by Crippen LogP contribution is 2.39. The van der Waals surface area contributed by atoms with Gasteiger partial charge in [0.1, 0.15) is 29.8 Å². The molecule has 0 saturated carbocycles. The molecule has 10 nitrogen and oxygen atoms in total. The molecule has 3 N–H and O–H groups in total. The van der Waals surface area contributed by atoms with E-state index in [0.29, 0.717) is 18.1 Å². The zero-order valence-corrected chi connectivity index (χ0v) is 19.5. The number of rotatable bonds is 6. The van der Waals surface area contributed by atoms with Crippen molar-refractivity contribution in [3.05, 3.63) is 54.0 Å². The Bertz CT molecular complexity index is 1210. The fourth-order valence-electron chi connectivity index (χ4n) is 4.14. The summed E-state index contributed by atoms with van der Waals surface area (Å²) in [6.45, 7) is 5.15. The highest BCUT2D eigenvalue weighted by molar-refractivity contribution is 6.01. The molecule has 3 atom stereocenters. The summed E-state index contributed by atoms with van der Waals surface area (Å²) in [7, 11) is 1.32. The number of fused-ring (bicyclic) bond motifs is 2. The normalized spacial score (nSPS) is 16.9. The van der Waals surface area contributed by atoms with E-state index in [1.807, 2.05) is 50.2 Å². The second-order valence-corrected chi connectivity index (χ2v) is 8.85. The van der Waals surface area contributed by atoms with E-state index in [9.17, 15) is 19.5 Å². The SMILES string of the molecule is CC(C)[C@H](NC(=O)[C@H](C)N(C)C(=O)O)C(=O)N1c2ncccc2CC1c1nc2ccccc2[nH]1. The van der Waals surface area contributed by atoms with Crippen LogP contribution in [0.15, 0.2) is 42.6 Å². The van der Waals surface area contributed by atoms with Crippen LogP contribution in [0.5, 0.6) is 0 Å². The predicted octanol–water partition coefficient (Wildman–Crippen LogP) is 2.73. The first-order chi connectivity index (χ1) is 16.2. The van der Waals surface area contributed by atoms with Gasteiger partial charge in [-0.1, -0.05) is 32.0 Å². The minimum Gasteiger partial charge on any atom is -0.465 e. The monoisotopic (exact) mass is 464 g/mol. The molecule has 1 aliphatic heterocycles. The minimum absolute atomic E-state index is 0.247. The number of hydrogen-bond acceptors (Lipinski definition) is 5. The highest BCUT2D eigenvalue weighted by atomic mass is 16.4. The van der Waals surface area contributed by atoms with Crippen molar-refractivity contribution in [2.24, 2.45) is 5.92 Å². The molecule has 0 radical (unpaired) electrons. The van der Waals surface area contributed by atoms with E-state index in [-0.39, 0.29) is 11.8 Å². The van der Waals surface area contributed by atoms with Crippen LogP contribution in [-0.4, -0.2) is 62.0 Å². The lowest BCUT2D eigenvalue weighted by Crippen LogP contribution is -2.56. The number of carbonyl (C=O) groups is 3. The first-order valence-corrected chi connectivity index (χ1v) is 11.2. The van der Waals surface area contributed by atoms with E-state index in [4.69, 9.17) is 4.98 Å². The van der Waals surface area contributed by atoms with E-state index in [0.717, 1.165) is 21.5 Å². The number of amides is 3. The molecule has 1 unspecified atom stereocenters. The van der Waals surface area contributed by atoms with Crippen LogP contribution in [0.3, 0.4) is 0 Å². The third-order valence-electron chi connectivity index (χ3n) is 6.27. The Hall–Kier alpha value is -3.95. The average molecular weight is 465 g/mol. The third-order valence-corrected chi connectivity index (χ3v) is 6.27. The topological polar surface area (TPSA) is 132 Å². The molecule has 34 heavy (non-hydrogen) atoms. The molecular formula is C24H28N6O4. The van der Waals surface area contributed by atoms with Gasteiger partial charge in [0.25, 0.3) is 5.91 Å². The Morgan fingerprint density at radius 1 is 1.18 bits per heavy atom. The van der Waals surface area contributed by atoms with Crippen molar-refractivity contribution < 1.29 is 19.5 Å². The number of H-pyrrole nitrogens is 1. The Kier molecular flexibility index (Phi) is 6.23. The Labute approximate surface area is 197 Å². The predicted molar refractivity (Wildman–Crippen MR) is 126 cm³/mol. The van der Waals surface area contributed by atoms with Crippen LogP contribution in [-0.2, 0) is 16.0 Å². The number of aromatic amines is 1. The van der Waals surface area contributed by atoms with Crippen molar-refractivity contribution >= 4 is 34.8 Å². The summed E-state index contributed by atoms with van der Waals surface area (Å²) < 4.78 is 0. The second-order valence-electron chi connectivity index (χ2n) is 8.85. The summed E-state index contributed by atoms with van der Waals surface area (Å²) in [4.78, 5) is 53.0. The maximum atomic E-state index is 13.9. The van der Waals surface area contributed by atoms with Gasteiger partial charge < -0.3 is 15.4 Å². The first-order valence-electron chi connectivity index (χ1n) is 11.2. The molecule has 178 valence electrons. The Morgan fingerprint density at radius 2 is 1.91 bits per heavy atom. The lowest BCUT2D eigenvalue weighted by Gasteiger charge is -2.31. The molecular weight excluding hydrogens is 436 g/mol. The third kappa shape index (κ3) is 4.18. The summed E-state index contributed by atoms with van der Waals surface area (Å²) in [5.41, 5.74) is 2.58. The van der Waals surface area contributed by atoms with Gasteiger partial charge in [-0.3, -0.25) is 19.4 Å². The van der Waals surface area contributed by atoms with Crippen molar-refractivity contribution in [2.45, 2.75) is 45.3 Å². The quantitative estimate of drug-likeness (QED) is 0.514. The average Bonchev–Trinajstić information content (AvgIpc) is 3.42. The summed E-state index contributed by atoms with van der Waals surface area (Å²) in [6.07, 6.45) is 0.941. The molecule has 0 fully saturated rings. The van der Waals surface area contributed by atoms with Crippen LogP contribution in [0.2, 0.25) is 0 Å².